The molecule has 0 radical (unpaired) electrons. The summed E-state index contributed by atoms with van der Waals surface area (Å²) in [5, 5.41) is 7.67. The van der Waals surface area contributed by atoms with Crippen LogP contribution < -0.4 is 15.4 Å². The minimum Gasteiger partial charge on any atom is -0.491 e. The second-order valence-electron chi connectivity index (χ2n) is 4.73. The third-order valence-corrected chi connectivity index (χ3v) is 4.06. The molecule has 1 saturated heterocycles. The summed E-state index contributed by atoms with van der Waals surface area (Å²) in [5.41, 5.74) is 0.952. The first-order chi connectivity index (χ1) is 9.20. The topological polar surface area (TPSA) is 33.3 Å². The Morgan fingerprint density at radius 1 is 1.47 bits per heavy atom. The molecule has 1 aromatic carbocycles. The van der Waals surface area contributed by atoms with Crippen molar-refractivity contribution >= 4 is 33.2 Å². The number of rotatable bonds is 5. The molecule has 2 rings (SSSR count). The van der Waals surface area contributed by atoms with E-state index < -0.39 is 0 Å². The number of hydrogen-bond donors (Lipinski definition) is 2. The molecule has 2 N–H and O–H groups in total. The van der Waals surface area contributed by atoms with E-state index >= 15 is 0 Å². The Morgan fingerprint density at radius 3 is 3.00 bits per heavy atom. The Labute approximate surface area is 128 Å². The molecule has 5 heteroatoms. The van der Waals surface area contributed by atoms with Gasteiger partial charge in [0, 0.05) is 17.6 Å². The zero-order valence-electron chi connectivity index (χ0n) is 11.1. The van der Waals surface area contributed by atoms with Crippen LogP contribution in [-0.2, 0) is 0 Å². The molecule has 0 saturated carbocycles. The molecular formula is C14H20BrClN2O. The predicted molar refractivity (Wildman–Crippen MR) is 84.5 cm³/mol. The van der Waals surface area contributed by atoms with Crippen LogP contribution in [0, 0.1) is 0 Å². The summed E-state index contributed by atoms with van der Waals surface area (Å²) in [7, 11) is 0. The van der Waals surface area contributed by atoms with Crippen LogP contribution in [0.25, 0.3) is 0 Å². The van der Waals surface area contributed by atoms with Crippen LogP contribution in [-0.4, -0.2) is 25.7 Å². The van der Waals surface area contributed by atoms with E-state index in [0.717, 1.165) is 29.0 Å². The number of nitrogens with one attached hydrogen (secondary N) is 2. The highest BCUT2D eigenvalue weighted by Crippen LogP contribution is 2.36. The van der Waals surface area contributed by atoms with Crippen LogP contribution in [0.1, 0.15) is 26.2 Å². The molecule has 0 aromatic heterocycles. The highest BCUT2D eigenvalue weighted by molar-refractivity contribution is 9.10. The van der Waals surface area contributed by atoms with Gasteiger partial charge in [0.05, 0.1) is 16.8 Å². The number of benzene rings is 1. The molecule has 0 aliphatic carbocycles. The van der Waals surface area contributed by atoms with Crippen molar-refractivity contribution in [3.63, 3.8) is 0 Å². The summed E-state index contributed by atoms with van der Waals surface area (Å²) >= 11 is 9.60. The second-order valence-corrected chi connectivity index (χ2v) is 6.02. The Kier molecular flexibility index (Phi) is 5.79. The van der Waals surface area contributed by atoms with Gasteiger partial charge in [-0.25, -0.2) is 0 Å². The highest BCUT2D eigenvalue weighted by atomic mass is 79.9. The Bertz CT molecular complexity index is 422. The zero-order chi connectivity index (χ0) is 13.7. The molecule has 0 bridgehead atoms. The van der Waals surface area contributed by atoms with Crippen LogP contribution >= 0.6 is 27.5 Å². The standard InChI is InChI=1S/C14H20BrClN2O/c1-2-19-14-12(15)7-10(16)8-13(14)18-9-11-5-3-4-6-17-11/h7-8,11,17-18H,2-6,9H2,1H3. The molecule has 1 aliphatic heterocycles. The van der Waals surface area contributed by atoms with Crippen molar-refractivity contribution in [3.05, 3.63) is 21.6 Å². The van der Waals surface area contributed by atoms with E-state index in [1.807, 2.05) is 19.1 Å². The highest BCUT2D eigenvalue weighted by Gasteiger charge is 2.14. The third-order valence-electron chi connectivity index (χ3n) is 3.25. The molecule has 0 amide bonds. The molecule has 3 nitrogen and oxygen atoms in total. The number of anilines is 1. The lowest BCUT2D eigenvalue weighted by atomic mass is 10.1. The molecular weight excluding hydrogens is 328 g/mol. The first kappa shape index (κ1) is 14.9. The summed E-state index contributed by atoms with van der Waals surface area (Å²) in [5.74, 6) is 0.836. The summed E-state index contributed by atoms with van der Waals surface area (Å²) in [6.45, 7) is 4.63. The molecule has 1 heterocycles. The molecule has 1 aromatic rings. The maximum Gasteiger partial charge on any atom is 0.156 e. The Morgan fingerprint density at radius 2 is 2.32 bits per heavy atom. The van der Waals surface area contributed by atoms with Gasteiger partial charge in [0.1, 0.15) is 0 Å². The Hall–Kier alpha value is -0.450. The number of ether oxygens (including phenoxy) is 1. The summed E-state index contributed by atoms with van der Waals surface area (Å²) in [6, 6.07) is 4.30. The maximum atomic E-state index is 6.10. The van der Waals surface area contributed by atoms with Gasteiger partial charge in [-0.05, 0) is 54.4 Å². The summed E-state index contributed by atoms with van der Waals surface area (Å²) in [4.78, 5) is 0. The van der Waals surface area contributed by atoms with Crippen LogP contribution in [0.2, 0.25) is 5.02 Å². The minimum atomic E-state index is 0.529. The number of piperidine rings is 1. The van der Waals surface area contributed by atoms with Gasteiger partial charge in [0.2, 0.25) is 0 Å². The predicted octanol–water partition coefficient (Wildman–Crippen LogP) is 4.06. The normalized spacial score (nSPS) is 19.2. The van der Waals surface area contributed by atoms with E-state index in [0.29, 0.717) is 17.7 Å². The third kappa shape index (κ3) is 4.26. The van der Waals surface area contributed by atoms with Crippen molar-refractivity contribution in [1.29, 1.82) is 0 Å². The van der Waals surface area contributed by atoms with Crippen molar-refractivity contribution in [2.45, 2.75) is 32.2 Å². The maximum absolute atomic E-state index is 6.10. The fraction of sp³-hybridized carbons (Fsp3) is 0.571. The van der Waals surface area contributed by atoms with Crippen LogP contribution in [0.3, 0.4) is 0 Å². The lowest BCUT2D eigenvalue weighted by Gasteiger charge is -2.25. The van der Waals surface area contributed by atoms with E-state index in [4.69, 9.17) is 16.3 Å². The van der Waals surface area contributed by atoms with Gasteiger partial charge in [0.15, 0.2) is 5.75 Å². The summed E-state index contributed by atoms with van der Waals surface area (Å²) in [6.07, 6.45) is 3.80. The molecule has 1 fully saturated rings. The van der Waals surface area contributed by atoms with E-state index in [1.54, 1.807) is 0 Å². The van der Waals surface area contributed by atoms with Gasteiger partial charge < -0.3 is 15.4 Å². The van der Waals surface area contributed by atoms with E-state index in [-0.39, 0.29) is 0 Å². The second kappa shape index (κ2) is 7.36. The molecule has 106 valence electrons. The van der Waals surface area contributed by atoms with E-state index in [2.05, 4.69) is 26.6 Å². The van der Waals surface area contributed by atoms with Crippen LogP contribution in [0.5, 0.6) is 5.75 Å². The summed E-state index contributed by atoms with van der Waals surface area (Å²) < 4.78 is 6.56. The smallest absolute Gasteiger partial charge is 0.156 e. The fourth-order valence-corrected chi connectivity index (χ4v) is 3.24. The quantitative estimate of drug-likeness (QED) is 0.843. The van der Waals surface area contributed by atoms with Gasteiger partial charge in [-0.15, -0.1) is 0 Å². The van der Waals surface area contributed by atoms with Gasteiger partial charge in [-0.3, -0.25) is 0 Å². The van der Waals surface area contributed by atoms with E-state index in [1.165, 1.54) is 19.3 Å². The average Bonchev–Trinajstić information content (AvgIpc) is 2.41. The van der Waals surface area contributed by atoms with Crippen molar-refractivity contribution in [1.82, 2.24) is 5.32 Å². The van der Waals surface area contributed by atoms with Crippen molar-refractivity contribution in [2.75, 3.05) is 25.0 Å². The van der Waals surface area contributed by atoms with Crippen molar-refractivity contribution < 1.29 is 4.74 Å². The molecule has 0 spiro atoms. The van der Waals surface area contributed by atoms with E-state index in [9.17, 15) is 0 Å². The number of halogens is 2. The van der Waals surface area contributed by atoms with Crippen LogP contribution in [0.15, 0.2) is 16.6 Å². The lowest BCUT2D eigenvalue weighted by Crippen LogP contribution is -2.39. The molecule has 19 heavy (non-hydrogen) atoms. The molecule has 1 aliphatic rings. The SMILES string of the molecule is CCOc1c(Br)cc(Cl)cc1NCC1CCCCN1. The average molecular weight is 348 g/mol. The van der Waals surface area contributed by atoms with Gasteiger partial charge >= 0.3 is 0 Å². The lowest BCUT2D eigenvalue weighted by molar-refractivity contribution is 0.339. The fourth-order valence-electron chi connectivity index (χ4n) is 2.31. The van der Waals surface area contributed by atoms with Crippen LogP contribution in [0.4, 0.5) is 5.69 Å². The van der Waals surface area contributed by atoms with Gasteiger partial charge in [-0.2, -0.15) is 0 Å². The number of hydrogen-bond acceptors (Lipinski definition) is 3. The van der Waals surface area contributed by atoms with Gasteiger partial charge in [0.25, 0.3) is 0 Å². The molecule has 1 atom stereocenters. The monoisotopic (exact) mass is 346 g/mol. The first-order valence-corrected chi connectivity index (χ1v) is 7.97. The van der Waals surface area contributed by atoms with Crippen molar-refractivity contribution in [2.24, 2.45) is 0 Å². The van der Waals surface area contributed by atoms with Gasteiger partial charge in [-0.1, -0.05) is 18.0 Å². The largest absolute Gasteiger partial charge is 0.491 e. The molecule has 1 unspecified atom stereocenters. The minimum absolute atomic E-state index is 0.529. The zero-order valence-corrected chi connectivity index (χ0v) is 13.5. The Balaban J connectivity index is 2.04. The first-order valence-electron chi connectivity index (χ1n) is 6.79. The van der Waals surface area contributed by atoms with Crippen molar-refractivity contribution in [3.8, 4) is 5.75 Å².